The smallest absolute Gasteiger partial charge is 0.240 e. The number of rotatable bonds is 5. The molecule has 3 rings (SSSR count). The summed E-state index contributed by atoms with van der Waals surface area (Å²) in [7, 11) is 0. The molecule has 2 amide bonds. The Kier molecular flexibility index (Phi) is 5.22. The predicted octanol–water partition coefficient (Wildman–Crippen LogP) is 1.41. The number of thiazole rings is 1. The van der Waals surface area contributed by atoms with Gasteiger partial charge in [-0.2, -0.15) is 0 Å². The highest BCUT2D eigenvalue weighted by Gasteiger charge is 2.19. The van der Waals surface area contributed by atoms with Crippen LogP contribution in [0.3, 0.4) is 0 Å². The number of nitrogens with one attached hydrogen (secondary N) is 2. The Bertz CT molecular complexity index is 744. The van der Waals surface area contributed by atoms with Crippen LogP contribution in [0.1, 0.15) is 16.0 Å². The van der Waals surface area contributed by atoms with Crippen LogP contribution in [0.15, 0.2) is 30.5 Å². The van der Waals surface area contributed by atoms with Gasteiger partial charge in [0.05, 0.1) is 13.1 Å². The van der Waals surface area contributed by atoms with Crippen molar-refractivity contribution in [2.75, 3.05) is 31.5 Å². The van der Waals surface area contributed by atoms with Gasteiger partial charge >= 0.3 is 0 Å². The molecule has 1 fully saturated rings. The zero-order valence-electron chi connectivity index (χ0n) is 13.5. The number of benzene rings is 1. The van der Waals surface area contributed by atoms with Crippen molar-refractivity contribution in [2.24, 2.45) is 0 Å². The number of carbonyl (C=O) groups is 2. The topological polar surface area (TPSA) is 74.3 Å². The Morgan fingerprint density at radius 1 is 1.46 bits per heavy atom. The van der Waals surface area contributed by atoms with Gasteiger partial charge in [0.25, 0.3) is 0 Å². The second-order valence-corrected chi connectivity index (χ2v) is 7.02. The number of carbonyl (C=O) groups excluding carboxylic acids is 2. The minimum atomic E-state index is -0.138. The minimum absolute atomic E-state index is 0.0382. The Balaban J connectivity index is 1.53. The molecule has 2 N–H and O–H groups in total. The molecule has 0 radical (unpaired) electrons. The van der Waals surface area contributed by atoms with E-state index in [0.29, 0.717) is 18.2 Å². The average Bonchev–Trinajstić information content (AvgIpc) is 2.94. The third-order valence-electron chi connectivity index (χ3n) is 3.75. The van der Waals surface area contributed by atoms with Gasteiger partial charge in [0.2, 0.25) is 11.8 Å². The number of piperazine rings is 1. The van der Waals surface area contributed by atoms with E-state index in [1.165, 1.54) is 22.5 Å². The summed E-state index contributed by atoms with van der Waals surface area (Å²) in [5.41, 5.74) is 2.46. The molecule has 0 bridgehead atoms. The number of hydrogen-bond acceptors (Lipinski definition) is 5. The Labute approximate surface area is 144 Å². The Hall–Kier alpha value is -2.25. The summed E-state index contributed by atoms with van der Waals surface area (Å²) in [4.78, 5) is 30.6. The first-order valence-electron chi connectivity index (χ1n) is 7.87. The molecule has 0 aliphatic carbocycles. The average molecular weight is 344 g/mol. The number of amides is 2. The second-order valence-electron chi connectivity index (χ2n) is 5.91. The SMILES string of the molecule is Cc1cccc(Cc2cnc(NC(=O)CN3CCNC(=O)C3)s2)c1. The molecule has 2 aromatic rings. The summed E-state index contributed by atoms with van der Waals surface area (Å²) < 4.78 is 0. The molecule has 2 heterocycles. The van der Waals surface area contributed by atoms with E-state index in [-0.39, 0.29) is 24.9 Å². The standard InChI is InChI=1S/C17H20N4O2S/c1-12-3-2-4-13(7-12)8-14-9-19-17(24-14)20-16(23)11-21-6-5-18-15(22)10-21/h2-4,7,9H,5-6,8,10-11H2,1H3,(H,18,22)(H,19,20,23). The lowest BCUT2D eigenvalue weighted by atomic mass is 10.1. The van der Waals surface area contributed by atoms with Gasteiger partial charge in [-0.3, -0.25) is 14.5 Å². The zero-order chi connectivity index (χ0) is 16.9. The van der Waals surface area contributed by atoms with Crippen molar-refractivity contribution in [3.8, 4) is 0 Å². The highest BCUT2D eigenvalue weighted by atomic mass is 32.1. The summed E-state index contributed by atoms with van der Waals surface area (Å²) >= 11 is 1.48. The molecule has 1 saturated heterocycles. The van der Waals surface area contributed by atoms with Gasteiger partial charge in [-0.15, -0.1) is 11.3 Å². The van der Waals surface area contributed by atoms with Crippen LogP contribution in [0.4, 0.5) is 5.13 Å². The first-order chi connectivity index (χ1) is 11.6. The van der Waals surface area contributed by atoms with Crippen LogP contribution in [0.25, 0.3) is 0 Å². The second kappa shape index (κ2) is 7.55. The van der Waals surface area contributed by atoms with Crippen LogP contribution in [-0.4, -0.2) is 47.9 Å². The number of aryl methyl sites for hydroxylation is 1. The van der Waals surface area contributed by atoms with E-state index in [0.717, 1.165) is 11.3 Å². The first kappa shape index (κ1) is 16.6. The summed E-state index contributed by atoms with van der Waals surface area (Å²) in [5.74, 6) is -0.176. The van der Waals surface area contributed by atoms with Crippen molar-refractivity contribution in [1.82, 2.24) is 15.2 Å². The highest BCUT2D eigenvalue weighted by Crippen LogP contribution is 2.21. The fraction of sp³-hybridized carbons (Fsp3) is 0.353. The van der Waals surface area contributed by atoms with Gasteiger partial charge in [0.15, 0.2) is 5.13 Å². The number of aromatic nitrogens is 1. The first-order valence-corrected chi connectivity index (χ1v) is 8.69. The zero-order valence-corrected chi connectivity index (χ0v) is 14.4. The van der Waals surface area contributed by atoms with Crippen LogP contribution >= 0.6 is 11.3 Å². The van der Waals surface area contributed by atoms with E-state index in [4.69, 9.17) is 0 Å². The third kappa shape index (κ3) is 4.62. The van der Waals surface area contributed by atoms with Crippen molar-refractivity contribution in [1.29, 1.82) is 0 Å². The van der Waals surface area contributed by atoms with Crippen LogP contribution < -0.4 is 10.6 Å². The third-order valence-corrected chi connectivity index (χ3v) is 4.66. The summed E-state index contributed by atoms with van der Waals surface area (Å²) in [6.07, 6.45) is 2.61. The van der Waals surface area contributed by atoms with Crippen molar-refractivity contribution in [2.45, 2.75) is 13.3 Å². The molecule has 0 unspecified atom stereocenters. The monoisotopic (exact) mass is 344 g/mol. The maximum atomic E-state index is 12.1. The summed E-state index contributed by atoms with van der Waals surface area (Å²) in [6, 6.07) is 8.36. The molecule has 1 aliphatic rings. The lowest BCUT2D eigenvalue weighted by molar-refractivity contribution is -0.125. The van der Waals surface area contributed by atoms with E-state index < -0.39 is 0 Å². The molecule has 1 aliphatic heterocycles. The molecule has 0 atom stereocenters. The Morgan fingerprint density at radius 2 is 2.33 bits per heavy atom. The lowest BCUT2D eigenvalue weighted by Gasteiger charge is -2.25. The Morgan fingerprint density at radius 3 is 3.12 bits per heavy atom. The molecule has 0 saturated carbocycles. The maximum absolute atomic E-state index is 12.1. The van der Waals surface area contributed by atoms with Gasteiger partial charge in [-0.25, -0.2) is 4.98 Å². The quantitative estimate of drug-likeness (QED) is 0.860. The number of nitrogens with zero attached hydrogens (tertiary/aromatic N) is 2. The van der Waals surface area contributed by atoms with Crippen molar-refractivity contribution >= 4 is 28.3 Å². The van der Waals surface area contributed by atoms with Crippen molar-refractivity contribution in [3.05, 3.63) is 46.5 Å². The van der Waals surface area contributed by atoms with Crippen molar-refractivity contribution < 1.29 is 9.59 Å². The molecule has 7 heteroatoms. The van der Waals surface area contributed by atoms with E-state index in [1.54, 1.807) is 6.20 Å². The largest absolute Gasteiger partial charge is 0.354 e. The van der Waals surface area contributed by atoms with E-state index in [1.807, 2.05) is 11.0 Å². The molecule has 126 valence electrons. The highest BCUT2D eigenvalue weighted by molar-refractivity contribution is 7.15. The van der Waals surface area contributed by atoms with E-state index in [2.05, 4.69) is 40.7 Å². The summed E-state index contributed by atoms with van der Waals surface area (Å²) in [5, 5.41) is 6.16. The van der Waals surface area contributed by atoms with Gasteiger partial charge in [0, 0.05) is 30.6 Å². The van der Waals surface area contributed by atoms with Crippen LogP contribution in [0.5, 0.6) is 0 Å². The fourth-order valence-corrected chi connectivity index (χ4v) is 3.52. The predicted molar refractivity (Wildman–Crippen MR) is 94.2 cm³/mol. The van der Waals surface area contributed by atoms with Crippen molar-refractivity contribution in [3.63, 3.8) is 0 Å². The molecule has 0 spiro atoms. The maximum Gasteiger partial charge on any atom is 0.240 e. The van der Waals surface area contributed by atoms with Gasteiger partial charge in [-0.1, -0.05) is 29.8 Å². The minimum Gasteiger partial charge on any atom is -0.354 e. The van der Waals surface area contributed by atoms with Crippen LogP contribution in [0.2, 0.25) is 0 Å². The number of anilines is 1. The molecule has 24 heavy (non-hydrogen) atoms. The molecule has 1 aromatic carbocycles. The van der Waals surface area contributed by atoms with Gasteiger partial charge < -0.3 is 10.6 Å². The molecule has 1 aromatic heterocycles. The van der Waals surface area contributed by atoms with Crippen LogP contribution in [0, 0.1) is 6.92 Å². The normalized spacial score (nSPS) is 15.1. The fourth-order valence-electron chi connectivity index (χ4n) is 2.66. The molecular formula is C17H20N4O2S. The van der Waals surface area contributed by atoms with E-state index in [9.17, 15) is 9.59 Å². The number of hydrogen-bond donors (Lipinski definition) is 2. The van der Waals surface area contributed by atoms with E-state index >= 15 is 0 Å². The lowest BCUT2D eigenvalue weighted by Crippen LogP contribution is -2.49. The molecule has 6 nitrogen and oxygen atoms in total. The van der Waals surface area contributed by atoms with Crippen LogP contribution in [-0.2, 0) is 16.0 Å². The summed E-state index contributed by atoms with van der Waals surface area (Å²) in [6.45, 7) is 3.83. The molecular weight excluding hydrogens is 324 g/mol. The van der Waals surface area contributed by atoms with Gasteiger partial charge in [0.1, 0.15) is 0 Å². The van der Waals surface area contributed by atoms with Gasteiger partial charge in [-0.05, 0) is 12.5 Å².